The van der Waals surface area contributed by atoms with Crippen LogP contribution in [0.3, 0.4) is 0 Å². The molecule has 0 unspecified atom stereocenters. The number of carbonyl (C=O) groups excluding carboxylic acids is 2. The average Bonchev–Trinajstić information content (AvgIpc) is 4.28. The van der Waals surface area contributed by atoms with Gasteiger partial charge in [0.2, 0.25) is 11.8 Å². The van der Waals surface area contributed by atoms with E-state index in [1.165, 1.54) is 43.0 Å². The zero-order chi connectivity index (χ0) is 62.2. The molecule has 10 N–H and O–H groups in total. The van der Waals surface area contributed by atoms with Crippen LogP contribution in [0.25, 0.3) is 21.8 Å². The van der Waals surface area contributed by atoms with E-state index >= 15 is 0 Å². The number of hydrogen-bond acceptors (Lipinski definition) is 19. The second-order valence-corrected chi connectivity index (χ2v) is 21.7. The Labute approximate surface area is 497 Å². The van der Waals surface area contributed by atoms with Crippen molar-refractivity contribution in [3.63, 3.8) is 0 Å². The topological polar surface area (TPSA) is 359 Å². The molecule has 4 aromatic carbocycles. The highest BCUT2D eigenvalue weighted by atomic mass is 31.2. The fraction of sp³-hybridized carbons (Fsp3) is 0.345. The molecule has 466 valence electrons. The van der Waals surface area contributed by atoms with E-state index in [9.17, 15) is 31.9 Å². The second kappa shape index (κ2) is 33.2. The van der Waals surface area contributed by atoms with E-state index in [-0.39, 0.29) is 37.6 Å². The number of rotatable bonds is 34. The van der Waals surface area contributed by atoms with Crippen molar-refractivity contribution in [2.45, 2.75) is 45.4 Å². The van der Waals surface area contributed by atoms with Gasteiger partial charge in [-0.2, -0.15) is 10.2 Å². The highest BCUT2D eigenvalue weighted by molar-refractivity contribution is 7.46. The Morgan fingerprint density at radius 2 is 1.11 bits per heavy atom. The van der Waals surface area contributed by atoms with Gasteiger partial charge >= 0.3 is 15.6 Å². The third kappa shape index (κ3) is 23.0. The zero-order valence-corrected chi connectivity index (χ0v) is 49.2. The number of phosphoric ester groups is 2. The van der Waals surface area contributed by atoms with E-state index in [0.717, 1.165) is 49.2 Å². The number of aromatic nitrogens is 8. The molecule has 87 heavy (non-hydrogen) atoms. The summed E-state index contributed by atoms with van der Waals surface area (Å²) in [5, 5.41) is 26.6. The number of unbranched alkanes of at least 4 members (excludes halogenated alkanes) is 1. The minimum absolute atomic E-state index is 0.0156. The Morgan fingerprint density at radius 1 is 0.586 bits per heavy atom. The minimum Gasteiger partial charge on any atom is -0.494 e. The molecule has 4 aromatic heterocycles. The summed E-state index contributed by atoms with van der Waals surface area (Å²) in [6.07, 6.45) is 5.90. The zero-order valence-electron chi connectivity index (χ0n) is 47.4. The number of H-pyrrole nitrogens is 2. The first-order valence-corrected chi connectivity index (χ1v) is 30.4. The van der Waals surface area contributed by atoms with Crippen LogP contribution in [0.2, 0.25) is 0 Å². The van der Waals surface area contributed by atoms with Gasteiger partial charge in [-0.25, -0.2) is 42.2 Å². The molecule has 0 bridgehead atoms. The molecule has 27 nitrogen and oxygen atoms in total. The van der Waals surface area contributed by atoms with Crippen molar-refractivity contribution in [2.75, 3.05) is 101 Å². The van der Waals surface area contributed by atoms with Crippen molar-refractivity contribution in [2.24, 2.45) is 0 Å². The number of benzene rings is 4. The molecule has 2 amide bonds. The van der Waals surface area contributed by atoms with Crippen LogP contribution in [0.5, 0.6) is 11.5 Å². The summed E-state index contributed by atoms with van der Waals surface area (Å²) in [5.74, 6) is -0.353. The molecule has 4 heterocycles. The maximum Gasteiger partial charge on any atom is 0.469 e. The maximum atomic E-state index is 13.8. The average molecular weight is 1250 g/mol. The summed E-state index contributed by atoms with van der Waals surface area (Å²) in [6, 6.07) is 23.4. The normalized spacial score (nSPS) is 11.7. The maximum absolute atomic E-state index is 13.8. The van der Waals surface area contributed by atoms with Gasteiger partial charge in [-0.05, 0) is 93.4 Å². The number of amides is 2. The lowest BCUT2D eigenvalue weighted by Crippen LogP contribution is -2.32. The molecule has 8 rings (SSSR count). The monoisotopic (exact) mass is 1250 g/mol. The molecule has 0 fully saturated rings. The van der Waals surface area contributed by atoms with Crippen molar-refractivity contribution >= 4 is 83.9 Å². The Hall–Kier alpha value is -7.99. The molecule has 0 saturated carbocycles. The molecule has 0 spiro atoms. The van der Waals surface area contributed by atoms with Crippen LogP contribution in [0.4, 0.5) is 47.8 Å². The smallest absolute Gasteiger partial charge is 0.469 e. The van der Waals surface area contributed by atoms with Gasteiger partial charge in [-0.1, -0.05) is 19.1 Å². The first-order chi connectivity index (χ1) is 41.8. The SMILES string of the molecule is CCCN(CCCCOc1ccc2c(Nc3cc(CC(=O)Nc4cccc(F)c4F)[nH]n3)ncnc2c1)CCOP(=O)(O)O.COCCN(CCCOc1ccc2c(Nc3cc(CC(=O)Nc4cccc(F)c4)[nH]n3)ncnc2c1)CCOP(=O)(O)O. The number of methoxy groups -OCH3 is 1. The van der Waals surface area contributed by atoms with Gasteiger partial charge in [0.25, 0.3) is 0 Å². The first-order valence-electron chi connectivity index (χ1n) is 27.3. The van der Waals surface area contributed by atoms with E-state index in [4.69, 9.17) is 33.8 Å². The van der Waals surface area contributed by atoms with Crippen LogP contribution < -0.4 is 30.7 Å². The number of hydrogen-bond donors (Lipinski definition) is 10. The number of phosphoric acid groups is 2. The Balaban J connectivity index is 0.000000249. The lowest BCUT2D eigenvalue weighted by molar-refractivity contribution is -0.116. The summed E-state index contributed by atoms with van der Waals surface area (Å²) >= 11 is 0. The van der Waals surface area contributed by atoms with Crippen LogP contribution >= 0.6 is 15.6 Å². The number of carbonyl (C=O) groups is 2. The van der Waals surface area contributed by atoms with Gasteiger partial charge in [0, 0.05) is 85.4 Å². The molecular weight excluding hydrogens is 1180 g/mol. The number of aromatic amines is 2. The summed E-state index contributed by atoms with van der Waals surface area (Å²) in [6.45, 7) is 6.83. The summed E-state index contributed by atoms with van der Waals surface area (Å²) in [7, 11) is -7.38. The molecular formula is C55H67F3N14O13P2. The molecule has 0 atom stereocenters. The van der Waals surface area contributed by atoms with Crippen LogP contribution in [-0.4, -0.2) is 161 Å². The Bertz CT molecular complexity index is 3620. The largest absolute Gasteiger partial charge is 0.494 e. The fourth-order valence-corrected chi connectivity index (χ4v) is 9.17. The predicted molar refractivity (Wildman–Crippen MR) is 316 cm³/mol. The van der Waals surface area contributed by atoms with Crippen LogP contribution in [0.15, 0.2) is 104 Å². The number of halogens is 3. The van der Waals surface area contributed by atoms with E-state index in [1.54, 1.807) is 43.5 Å². The van der Waals surface area contributed by atoms with Gasteiger partial charge in [0.15, 0.2) is 23.3 Å². The van der Waals surface area contributed by atoms with E-state index < -0.39 is 39.0 Å². The summed E-state index contributed by atoms with van der Waals surface area (Å²) in [4.78, 5) is 81.5. The fourth-order valence-electron chi connectivity index (χ4n) is 8.53. The van der Waals surface area contributed by atoms with Gasteiger partial charge in [0.05, 0.1) is 62.6 Å². The van der Waals surface area contributed by atoms with Gasteiger partial charge in [0.1, 0.15) is 41.6 Å². The molecule has 0 aliphatic heterocycles. The van der Waals surface area contributed by atoms with Gasteiger partial charge in [-0.15, -0.1) is 0 Å². The third-order valence-corrected chi connectivity index (χ3v) is 13.6. The highest BCUT2D eigenvalue weighted by Gasteiger charge is 2.18. The van der Waals surface area contributed by atoms with Gasteiger partial charge < -0.3 is 60.0 Å². The van der Waals surface area contributed by atoms with Crippen LogP contribution in [0.1, 0.15) is 44.0 Å². The van der Waals surface area contributed by atoms with Crippen molar-refractivity contribution in [1.29, 1.82) is 0 Å². The number of nitrogens with zero attached hydrogens (tertiary/aromatic N) is 8. The van der Waals surface area contributed by atoms with Gasteiger partial charge in [-0.3, -0.25) is 33.7 Å². The lowest BCUT2D eigenvalue weighted by Gasteiger charge is -2.22. The number of ether oxygens (including phenoxy) is 3. The Morgan fingerprint density at radius 3 is 1.67 bits per heavy atom. The highest BCUT2D eigenvalue weighted by Crippen LogP contribution is 2.36. The number of nitrogens with one attached hydrogen (secondary N) is 6. The van der Waals surface area contributed by atoms with E-state index in [2.05, 4.69) is 75.5 Å². The lowest BCUT2D eigenvalue weighted by atomic mass is 10.2. The van der Waals surface area contributed by atoms with Crippen LogP contribution in [0, 0.1) is 17.5 Å². The van der Waals surface area contributed by atoms with E-state index in [1.807, 2.05) is 30.0 Å². The number of anilines is 6. The molecule has 0 saturated heterocycles. The third-order valence-electron chi connectivity index (χ3n) is 12.5. The summed E-state index contributed by atoms with van der Waals surface area (Å²) in [5.41, 5.74) is 2.42. The first kappa shape index (κ1) is 66.5. The number of fused-ring (bicyclic) bond motifs is 2. The Kier molecular flexibility index (Phi) is 25.4. The van der Waals surface area contributed by atoms with Crippen molar-refractivity contribution in [3.05, 3.63) is 132 Å². The molecule has 0 aliphatic carbocycles. The standard InChI is InChI=1S/C28H34F2N7O6P.C27H33FN7O7P/c1-2-10-37(12-14-43-44(39,40)41)11-3-4-13-42-20-8-9-21-24(17-20)31-18-32-28(21)34-25-15-19(35-36-25)16-26(38)33-23-7-5-6-22(29)27(23)30;1-40-12-9-35(10-13-42-43(37,38)39)8-3-11-41-22-6-7-23-24(17-22)29-18-30-27(23)32-25-15-21(33-34-25)16-26(36)31-20-5-2-4-19(28)14-20/h5-9,15,17-18H,2-4,10-14,16H2,1H3,(H,33,38)(H2,39,40,41)(H2,31,32,34,35,36);2,4-7,14-15,17-18H,3,8-13,16H2,1H3,(H,31,36)(H2,37,38,39)(H2,29,30,32,33,34). The van der Waals surface area contributed by atoms with Crippen LogP contribution in [-0.2, 0) is 45.3 Å². The van der Waals surface area contributed by atoms with Crippen molar-refractivity contribution in [3.8, 4) is 11.5 Å². The van der Waals surface area contributed by atoms with Crippen molar-refractivity contribution in [1.82, 2.24) is 50.1 Å². The second-order valence-electron chi connectivity index (χ2n) is 19.3. The molecule has 32 heteroatoms. The molecule has 0 radical (unpaired) electrons. The van der Waals surface area contributed by atoms with E-state index in [0.29, 0.717) is 115 Å². The summed E-state index contributed by atoms with van der Waals surface area (Å²) < 4.78 is 88.4. The minimum atomic E-state index is -4.51. The molecule has 0 aliphatic rings. The molecule has 8 aromatic rings. The predicted octanol–water partition coefficient (Wildman–Crippen LogP) is 7.78. The van der Waals surface area contributed by atoms with Crippen molar-refractivity contribution < 1.29 is 74.7 Å². The quantitative estimate of drug-likeness (QED) is 0.0136.